The number of hydrogen-bond acceptors (Lipinski definition) is 4. The molecule has 1 aromatic heterocycles. The standard InChI is InChI=1S/C15H12F2O4/c1-7(18)3-4-12(19)10-5-9-6-11(16)8(2)13(17)14(9)21-15(10)20/h5-6H,3-4H2,1-2H3. The summed E-state index contributed by atoms with van der Waals surface area (Å²) in [5.41, 5.74) is -1.96. The Morgan fingerprint density at radius 1 is 1.19 bits per heavy atom. The molecule has 0 fully saturated rings. The molecule has 0 radical (unpaired) electrons. The van der Waals surface area contributed by atoms with Gasteiger partial charge in [-0.2, -0.15) is 0 Å². The van der Waals surface area contributed by atoms with E-state index in [9.17, 15) is 23.2 Å². The van der Waals surface area contributed by atoms with Crippen LogP contribution in [0.4, 0.5) is 8.78 Å². The second-order valence-electron chi connectivity index (χ2n) is 4.79. The summed E-state index contributed by atoms with van der Waals surface area (Å²) in [6.07, 6.45) is -0.157. The van der Waals surface area contributed by atoms with Crippen molar-refractivity contribution in [3.63, 3.8) is 0 Å². The largest absolute Gasteiger partial charge is 0.419 e. The minimum atomic E-state index is -0.999. The Morgan fingerprint density at radius 2 is 1.86 bits per heavy atom. The van der Waals surface area contributed by atoms with Crippen molar-refractivity contribution in [2.45, 2.75) is 26.7 Å². The Bertz CT molecular complexity index is 805. The molecule has 2 aromatic rings. The quantitative estimate of drug-likeness (QED) is 0.642. The molecule has 0 spiro atoms. The highest BCUT2D eigenvalue weighted by Crippen LogP contribution is 2.23. The number of rotatable bonds is 4. The van der Waals surface area contributed by atoms with Crippen molar-refractivity contribution in [3.05, 3.63) is 45.3 Å². The third-order valence-electron chi connectivity index (χ3n) is 3.15. The van der Waals surface area contributed by atoms with E-state index >= 15 is 0 Å². The van der Waals surface area contributed by atoms with Crippen LogP contribution >= 0.6 is 0 Å². The van der Waals surface area contributed by atoms with E-state index in [0.29, 0.717) is 0 Å². The molecule has 0 aliphatic heterocycles. The Balaban J connectivity index is 2.55. The molecular formula is C15H12F2O4. The molecule has 0 aliphatic carbocycles. The van der Waals surface area contributed by atoms with Gasteiger partial charge in [-0.25, -0.2) is 13.6 Å². The van der Waals surface area contributed by atoms with E-state index in [1.807, 2.05) is 0 Å². The summed E-state index contributed by atoms with van der Waals surface area (Å²) in [6.45, 7) is 2.54. The van der Waals surface area contributed by atoms with E-state index in [1.165, 1.54) is 13.8 Å². The molecule has 0 amide bonds. The van der Waals surface area contributed by atoms with Crippen LogP contribution in [0, 0.1) is 18.6 Å². The molecule has 4 nitrogen and oxygen atoms in total. The maximum absolute atomic E-state index is 13.8. The lowest BCUT2D eigenvalue weighted by Crippen LogP contribution is -2.15. The van der Waals surface area contributed by atoms with Gasteiger partial charge in [-0.05, 0) is 26.0 Å². The van der Waals surface area contributed by atoms with Crippen LogP contribution in [-0.2, 0) is 4.79 Å². The van der Waals surface area contributed by atoms with Crippen molar-refractivity contribution in [2.24, 2.45) is 0 Å². The predicted molar refractivity (Wildman–Crippen MR) is 71.4 cm³/mol. The molecule has 6 heteroatoms. The zero-order chi connectivity index (χ0) is 15.7. The third kappa shape index (κ3) is 2.89. The lowest BCUT2D eigenvalue weighted by Gasteiger charge is -2.05. The topological polar surface area (TPSA) is 64.3 Å². The summed E-state index contributed by atoms with van der Waals surface area (Å²) in [7, 11) is 0. The van der Waals surface area contributed by atoms with Crippen molar-refractivity contribution in [1.29, 1.82) is 0 Å². The molecule has 0 N–H and O–H groups in total. The monoisotopic (exact) mass is 294 g/mol. The Kier molecular flexibility index (Phi) is 3.97. The van der Waals surface area contributed by atoms with E-state index in [1.54, 1.807) is 0 Å². The molecule has 0 aliphatic rings. The van der Waals surface area contributed by atoms with Gasteiger partial charge >= 0.3 is 5.63 Å². The highest BCUT2D eigenvalue weighted by molar-refractivity contribution is 5.99. The fourth-order valence-corrected chi connectivity index (χ4v) is 1.90. The molecule has 0 bridgehead atoms. The van der Waals surface area contributed by atoms with Crippen LogP contribution in [0.2, 0.25) is 0 Å². The van der Waals surface area contributed by atoms with Crippen LogP contribution in [-0.4, -0.2) is 11.6 Å². The van der Waals surface area contributed by atoms with Gasteiger partial charge in [0.1, 0.15) is 17.2 Å². The summed E-state index contributed by atoms with van der Waals surface area (Å²) in [5, 5.41) is -0.0126. The van der Waals surface area contributed by atoms with Crippen LogP contribution in [0.25, 0.3) is 11.0 Å². The van der Waals surface area contributed by atoms with Gasteiger partial charge < -0.3 is 9.21 Å². The number of ketones is 2. The number of hydrogen-bond donors (Lipinski definition) is 0. The fourth-order valence-electron chi connectivity index (χ4n) is 1.90. The number of halogens is 2. The lowest BCUT2D eigenvalue weighted by molar-refractivity contribution is -0.116. The first-order chi connectivity index (χ1) is 9.81. The van der Waals surface area contributed by atoms with Gasteiger partial charge in [-0.1, -0.05) is 0 Å². The first-order valence-electron chi connectivity index (χ1n) is 6.26. The van der Waals surface area contributed by atoms with Crippen LogP contribution < -0.4 is 5.63 Å². The number of carbonyl (C=O) groups is 2. The summed E-state index contributed by atoms with van der Waals surface area (Å²) < 4.78 is 32.1. The minimum Gasteiger partial charge on any atom is -0.419 e. The van der Waals surface area contributed by atoms with E-state index in [-0.39, 0.29) is 40.7 Å². The van der Waals surface area contributed by atoms with Crippen LogP contribution in [0.5, 0.6) is 0 Å². The average molecular weight is 294 g/mol. The number of Topliss-reactive ketones (excluding diaryl/α,β-unsaturated/α-hetero) is 2. The van der Waals surface area contributed by atoms with Crippen molar-refractivity contribution in [3.8, 4) is 0 Å². The van der Waals surface area contributed by atoms with Crippen molar-refractivity contribution < 1.29 is 22.8 Å². The van der Waals surface area contributed by atoms with E-state index in [4.69, 9.17) is 4.42 Å². The van der Waals surface area contributed by atoms with Gasteiger partial charge in [-0.15, -0.1) is 0 Å². The molecule has 1 aromatic carbocycles. The third-order valence-corrected chi connectivity index (χ3v) is 3.15. The highest BCUT2D eigenvalue weighted by atomic mass is 19.1. The van der Waals surface area contributed by atoms with Gasteiger partial charge in [0.2, 0.25) is 0 Å². The van der Waals surface area contributed by atoms with Gasteiger partial charge in [0.05, 0.1) is 0 Å². The molecular weight excluding hydrogens is 282 g/mol. The SMILES string of the molecule is CC(=O)CCC(=O)c1cc2cc(F)c(C)c(F)c2oc1=O. The van der Waals surface area contributed by atoms with Gasteiger partial charge in [0.25, 0.3) is 0 Å². The molecule has 0 unspecified atom stereocenters. The van der Waals surface area contributed by atoms with Gasteiger partial charge in [-0.3, -0.25) is 4.79 Å². The lowest BCUT2D eigenvalue weighted by atomic mass is 10.0. The first-order valence-corrected chi connectivity index (χ1v) is 6.26. The summed E-state index contributed by atoms with van der Waals surface area (Å²) in [5.74, 6) is -2.55. The van der Waals surface area contributed by atoms with E-state index < -0.39 is 23.0 Å². The molecule has 2 rings (SSSR count). The fraction of sp³-hybridized carbons (Fsp3) is 0.267. The highest BCUT2D eigenvalue weighted by Gasteiger charge is 2.18. The summed E-state index contributed by atoms with van der Waals surface area (Å²) >= 11 is 0. The maximum atomic E-state index is 13.8. The normalized spacial score (nSPS) is 10.9. The molecule has 0 saturated carbocycles. The van der Waals surface area contributed by atoms with Crippen molar-refractivity contribution in [1.82, 2.24) is 0 Å². The molecule has 0 atom stereocenters. The second kappa shape index (κ2) is 5.55. The molecule has 110 valence electrons. The number of fused-ring (bicyclic) bond motifs is 1. The molecule has 0 saturated heterocycles. The number of carbonyl (C=O) groups excluding carboxylic acids is 2. The van der Waals surface area contributed by atoms with Gasteiger partial charge in [0, 0.05) is 23.8 Å². The number of benzene rings is 1. The second-order valence-corrected chi connectivity index (χ2v) is 4.79. The summed E-state index contributed by atoms with van der Waals surface area (Å²) in [6, 6.07) is 2.09. The molecule has 1 heterocycles. The Hall–Kier alpha value is -2.37. The zero-order valence-corrected chi connectivity index (χ0v) is 11.5. The Labute approximate surface area is 118 Å². The smallest absolute Gasteiger partial charge is 0.347 e. The first kappa shape index (κ1) is 15.0. The minimum absolute atomic E-state index is 0.00701. The van der Waals surface area contributed by atoms with Crippen molar-refractivity contribution in [2.75, 3.05) is 0 Å². The van der Waals surface area contributed by atoms with Crippen LogP contribution in [0.3, 0.4) is 0 Å². The molecule has 21 heavy (non-hydrogen) atoms. The average Bonchev–Trinajstić information content (AvgIpc) is 2.43. The zero-order valence-electron chi connectivity index (χ0n) is 11.5. The van der Waals surface area contributed by atoms with E-state index in [2.05, 4.69) is 0 Å². The Morgan fingerprint density at radius 3 is 2.48 bits per heavy atom. The van der Waals surface area contributed by atoms with Crippen LogP contribution in [0.1, 0.15) is 35.7 Å². The van der Waals surface area contributed by atoms with Gasteiger partial charge in [0.15, 0.2) is 17.2 Å². The summed E-state index contributed by atoms with van der Waals surface area (Å²) in [4.78, 5) is 34.4. The van der Waals surface area contributed by atoms with Crippen LogP contribution in [0.15, 0.2) is 21.3 Å². The predicted octanol–water partition coefficient (Wildman–Crippen LogP) is 2.93. The van der Waals surface area contributed by atoms with E-state index in [0.717, 1.165) is 12.1 Å². The van der Waals surface area contributed by atoms with Crippen molar-refractivity contribution >= 4 is 22.5 Å². The maximum Gasteiger partial charge on any atom is 0.347 e.